The highest BCUT2D eigenvalue weighted by Gasteiger charge is 2.08. The fourth-order valence-electron chi connectivity index (χ4n) is 2.12. The summed E-state index contributed by atoms with van der Waals surface area (Å²) in [4.78, 5) is 0. The highest BCUT2D eigenvalue weighted by Crippen LogP contribution is 2.15. The summed E-state index contributed by atoms with van der Waals surface area (Å²) in [6.45, 7) is 5.68. The maximum absolute atomic E-state index is 9.90. The summed E-state index contributed by atoms with van der Waals surface area (Å²) in [7, 11) is 0. The largest absolute Gasteiger partial charge is 0.389 e. The van der Waals surface area contributed by atoms with Crippen molar-refractivity contribution in [3.8, 4) is 0 Å². The molecule has 2 N–H and O–H groups in total. The quantitative estimate of drug-likeness (QED) is 0.611. The molecule has 0 saturated carbocycles. The summed E-state index contributed by atoms with van der Waals surface area (Å²) in [6, 6.07) is 8.04. The van der Waals surface area contributed by atoms with E-state index in [1.54, 1.807) is 0 Å². The SMILES string of the molecule is CCCCC[C@H](C)NC[C@H](O)COCc1ccccc1Cl. The van der Waals surface area contributed by atoms with Gasteiger partial charge >= 0.3 is 0 Å². The zero-order chi connectivity index (χ0) is 15.5. The first-order valence-electron chi connectivity index (χ1n) is 7.86. The molecular weight excluding hydrogens is 286 g/mol. The molecule has 0 aliphatic heterocycles. The van der Waals surface area contributed by atoms with E-state index in [-0.39, 0.29) is 0 Å². The molecule has 1 aromatic carbocycles. The van der Waals surface area contributed by atoms with Crippen molar-refractivity contribution in [1.29, 1.82) is 0 Å². The molecule has 0 amide bonds. The fraction of sp³-hybridized carbons (Fsp3) is 0.647. The van der Waals surface area contributed by atoms with Crippen LogP contribution in [0, 0.1) is 0 Å². The Kier molecular flexibility index (Phi) is 9.68. The Balaban J connectivity index is 2.11. The van der Waals surface area contributed by atoms with Crippen molar-refractivity contribution in [3.05, 3.63) is 34.9 Å². The lowest BCUT2D eigenvalue weighted by Crippen LogP contribution is -2.35. The Morgan fingerprint density at radius 2 is 2.05 bits per heavy atom. The maximum Gasteiger partial charge on any atom is 0.0897 e. The molecule has 0 aromatic heterocycles. The zero-order valence-electron chi connectivity index (χ0n) is 13.1. The van der Waals surface area contributed by atoms with Crippen LogP contribution in [0.5, 0.6) is 0 Å². The van der Waals surface area contributed by atoms with E-state index < -0.39 is 6.10 Å². The number of unbranched alkanes of at least 4 members (excludes halogenated alkanes) is 2. The Labute approximate surface area is 133 Å². The van der Waals surface area contributed by atoms with Gasteiger partial charge in [0.2, 0.25) is 0 Å². The number of aliphatic hydroxyl groups excluding tert-OH is 1. The number of ether oxygens (including phenoxy) is 1. The highest BCUT2D eigenvalue weighted by atomic mass is 35.5. The van der Waals surface area contributed by atoms with Gasteiger partial charge in [-0.2, -0.15) is 0 Å². The second-order valence-corrected chi connectivity index (χ2v) is 5.97. The van der Waals surface area contributed by atoms with Crippen LogP contribution in [0.25, 0.3) is 0 Å². The summed E-state index contributed by atoms with van der Waals surface area (Å²) in [5.41, 5.74) is 0.951. The van der Waals surface area contributed by atoms with E-state index in [1.165, 1.54) is 19.3 Å². The fourth-order valence-corrected chi connectivity index (χ4v) is 2.31. The summed E-state index contributed by atoms with van der Waals surface area (Å²) in [6.07, 6.45) is 4.42. The topological polar surface area (TPSA) is 41.5 Å². The number of aliphatic hydroxyl groups is 1. The molecule has 4 heteroatoms. The average molecular weight is 314 g/mol. The Morgan fingerprint density at radius 3 is 2.76 bits per heavy atom. The third-order valence-electron chi connectivity index (χ3n) is 3.47. The van der Waals surface area contributed by atoms with Gasteiger partial charge in [0.05, 0.1) is 19.3 Å². The van der Waals surface area contributed by atoms with Gasteiger partial charge in [-0.1, -0.05) is 56.0 Å². The predicted octanol–water partition coefficient (Wildman–Crippen LogP) is 3.78. The normalized spacial score (nSPS) is 14.1. The van der Waals surface area contributed by atoms with Crippen LogP contribution in [0.1, 0.15) is 45.1 Å². The number of rotatable bonds is 11. The monoisotopic (exact) mass is 313 g/mol. The van der Waals surface area contributed by atoms with Crippen LogP contribution in [0.3, 0.4) is 0 Å². The number of halogens is 1. The third-order valence-corrected chi connectivity index (χ3v) is 3.84. The van der Waals surface area contributed by atoms with Crippen LogP contribution in [0.2, 0.25) is 5.02 Å². The first-order valence-corrected chi connectivity index (χ1v) is 8.23. The third kappa shape index (κ3) is 8.42. The second kappa shape index (κ2) is 11.0. The average Bonchev–Trinajstić information content (AvgIpc) is 2.47. The van der Waals surface area contributed by atoms with Crippen LogP contribution in [-0.4, -0.2) is 30.4 Å². The molecule has 120 valence electrons. The summed E-state index contributed by atoms with van der Waals surface area (Å²) < 4.78 is 5.52. The lowest BCUT2D eigenvalue weighted by atomic mass is 10.1. The predicted molar refractivity (Wildman–Crippen MR) is 88.7 cm³/mol. The van der Waals surface area contributed by atoms with Gasteiger partial charge in [0.1, 0.15) is 0 Å². The van der Waals surface area contributed by atoms with Crippen molar-refractivity contribution < 1.29 is 9.84 Å². The Bertz CT molecular complexity index is 387. The molecule has 21 heavy (non-hydrogen) atoms. The minimum atomic E-state index is -0.485. The van der Waals surface area contributed by atoms with E-state index in [2.05, 4.69) is 19.2 Å². The molecule has 0 aliphatic carbocycles. The van der Waals surface area contributed by atoms with Gasteiger partial charge in [-0.25, -0.2) is 0 Å². The van der Waals surface area contributed by atoms with Gasteiger partial charge in [0, 0.05) is 17.6 Å². The van der Waals surface area contributed by atoms with Crippen molar-refractivity contribution in [2.45, 2.75) is 58.3 Å². The molecule has 0 fully saturated rings. The molecule has 0 radical (unpaired) electrons. The summed E-state index contributed by atoms with van der Waals surface area (Å²) in [5.74, 6) is 0. The van der Waals surface area contributed by atoms with Crippen molar-refractivity contribution in [2.24, 2.45) is 0 Å². The van der Waals surface area contributed by atoms with E-state index in [1.807, 2.05) is 24.3 Å². The minimum Gasteiger partial charge on any atom is -0.389 e. The molecule has 2 atom stereocenters. The maximum atomic E-state index is 9.90. The first-order chi connectivity index (χ1) is 10.1. The van der Waals surface area contributed by atoms with Crippen molar-refractivity contribution in [3.63, 3.8) is 0 Å². The molecule has 3 nitrogen and oxygen atoms in total. The standard InChI is InChI=1S/C17H28ClNO2/c1-3-4-5-8-14(2)19-11-16(20)13-21-12-15-9-6-7-10-17(15)18/h6-7,9-10,14,16,19-20H,3-5,8,11-13H2,1-2H3/t14-,16-/m0/s1. The number of hydrogen-bond donors (Lipinski definition) is 2. The highest BCUT2D eigenvalue weighted by molar-refractivity contribution is 6.31. The van der Waals surface area contributed by atoms with Gasteiger partial charge < -0.3 is 15.2 Å². The molecule has 0 spiro atoms. The molecular formula is C17H28ClNO2. The van der Waals surface area contributed by atoms with Crippen molar-refractivity contribution >= 4 is 11.6 Å². The van der Waals surface area contributed by atoms with Gasteiger partial charge in [-0.15, -0.1) is 0 Å². The van der Waals surface area contributed by atoms with Crippen LogP contribution in [0.15, 0.2) is 24.3 Å². The minimum absolute atomic E-state index is 0.319. The van der Waals surface area contributed by atoms with E-state index in [4.69, 9.17) is 16.3 Å². The smallest absolute Gasteiger partial charge is 0.0897 e. The van der Waals surface area contributed by atoms with Crippen LogP contribution < -0.4 is 5.32 Å². The number of nitrogens with one attached hydrogen (secondary N) is 1. The van der Waals surface area contributed by atoms with Crippen molar-refractivity contribution in [1.82, 2.24) is 5.32 Å². The number of benzene rings is 1. The summed E-state index contributed by atoms with van der Waals surface area (Å²) in [5, 5.41) is 13.9. The van der Waals surface area contributed by atoms with Gasteiger partial charge in [0.25, 0.3) is 0 Å². The van der Waals surface area contributed by atoms with Gasteiger partial charge in [0.15, 0.2) is 0 Å². The lowest BCUT2D eigenvalue weighted by Gasteiger charge is -2.17. The van der Waals surface area contributed by atoms with Crippen LogP contribution in [-0.2, 0) is 11.3 Å². The van der Waals surface area contributed by atoms with E-state index >= 15 is 0 Å². The van der Waals surface area contributed by atoms with E-state index in [9.17, 15) is 5.11 Å². The molecule has 1 rings (SSSR count). The number of hydrogen-bond acceptors (Lipinski definition) is 3. The van der Waals surface area contributed by atoms with Crippen LogP contribution >= 0.6 is 11.6 Å². The van der Waals surface area contributed by atoms with Crippen molar-refractivity contribution in [2.75, 3.05) is 13.2 Å². The molecule has 1 aromatic rings. The Morgan fingerprint density at radius 1 is 1.29 bits per heavy atom. The summed E-state index contributed by atoms with van der Waals surface area (Å²) >= 11 is 6.05. The van der Waals surface area contributed by atoms with E-state index in [0.29, 0.717) is 30.8 Å². The molecule has 0 aliphatic rings. The van der Waals surface area contributed by atoms with Gasteiger partial charge in [-0.3, -0.25) is 0 Å². The molecule has 0 bridgehead atoms. The van der Waals surface area contributed by atoms with Crippen LogP contribution in [0.4, 0.5) is 0 Å². The van der Waals surface area contributed by atoms with Gasteiger partial charge in [-0.05, 0) is 25.0 Å². The molecule has 0 heterocycles. The Hall–Kier alpha value is -0.610. The molecule has 0 unspecified atom stereocenters. The molecule has 0 saturated heterocycles. The van der Waals surface area contributed by atoms with E-state index in [0.717, 1.165) is 12.0 Å². The lowest BCUT2D eigenvalue weighted by molar-refractivity contribution is 0.0277. The first kappa shape index (κ1) is 18.4. The zero-order valence-corrected chi connectivity index (χ0v) is 13.9. The second-order valence-electron chi connectivity index (χ2n) is 5.57.